The molecular weight excluding hydrogens is 875 g/mol. The minimum Gasteiger partial charge on any atom is -0.545 e. The largest absolute Gasteiger partial charge is 1.00 e. The van der Waals surface area contributed by atoms with Crippen molar-refractivity contribution in [3.63, 3.8) is 0 Å². The van der Waals surface area contributed by atoms with Crippen molar-refractivity contribution >= 4 is 33.7 Å². The summed E-state index contributed by atoms with van der Waals surface area (Å²) in [5.74, 6) is -0.147. The van der Waals surface area contributed by atoms with Crippen molar-refractivity contribution in [2.75, 3.05) is 0 Å². The third kappa shape index (κ3) is 10.7. The van der Waals surface area contributed by atoms with Crippen LogP contribution in [0.4, 0.5) is 0 Å². The van der Waals surface area contributed by atoms with Crippen LogP contribution in [0.3, 0.4) is 0 Å². The third-order valence-corrected chi connectivity index (χ3v) is 11.0. The Bertz CT molecular complexity index is 3170. The summed E-state index contributed by atoms with van der Waals surface area (Å²) in [6.07, 6.45) is 2.74. The van der Waals surface area contributed by atoms with E-state index in [0.717, 1.165) is 46.2 Å². The van der Waals surface area contributed by atoms with Crippen LogP contribution in [0.2, 0.25) is 0 Å². The maximum atomic E-state index is 12.1. The van der Waals surface area contributed by atoms with Crippen molar-refractivity contribution in [2.45, 2.75) is 39.5 Å². The van der Waals surface area contributed by atoms with Crippen molar-refractivity contribution in [2.24, 2.45) is 0 Å². The quantitative estimate of drug-likeness (QED) is 0.149. The van der Waals surface area contributed by atoms with Gasteiger partial charge in [0.25, 0.3) is 0 Å². The van der Waals surface area contributed by atoms with Gasteiger partial charge in [0.2, 0.25) is 11.6 Å². The first-order valence-electron chi connectivity index (χ1n) is 21.8. The molecule has 336 valence electrons. The predicted octanol–water partition coefficient (Wildman–Crippen LogP) is 2.39. The van der Waals surface area contributed by atoms with E-state index >= 15 is 0 Å². The monoisotopic (exact) mass is 914 g/mol. The van der Waals surface area contributed by atoms with Crippen LogP contribution in [-0.4, -0.2) is 63.2 Å². The van der Waals surface area contributed by atoms with E-state index in [1.807, 2.05) is 98.8 Å². The number of rotatable bonds is 14. The van der Waals surface area contributed by atoms with Crippen LogP contribution in [0.25, 0.3) is 66.8 Å². The van der Waals surface area contributed by atoms with E-state index in [-0.39, 0.29) is 60.3 Å². The Hall–Kier alpha value is -7.99. The van der Waals surface area contributed by atoms with Crippen molar-refractivity contribution in [3.05, 3.63) is 168 Å². The smallest absolute Gasteiger partial charge is 0.545 e. The Morgan fingerprint density at radius 1 is 0.486 bits per heavy atom. The van der Waals surface area contributed by atoms with Crippen molar-refractivity contribution in [3.8, 4) is 68.0 Å². The molecule has 0 aliphatic carbocycles. The molecule has 0 amide bonds. The second kappa shape index (κ2) is 22.9. The molecule has 0 aliphatic rings. The Labute approximate surface area is 425 Å². The van der Waals surface area contributed by atoms with Crippen molar-refractivity contribution in [1.29, 1.82) is 0 Å². The number of H-pyrrole nitrogens is 2. The Kier molecular flexibility index (Phi) is 16.3. The second-order valence-corrected chi connectivity index (χ2v) is 15.4. The molecule has 70 heavy (non-hydrogen) atoms. The number of carboxylic acid groups (broad SMARTS) is 2. The molecule has 0 radical (unpaired) electrons. The third-order valence-electron chi connectivity index (χ3n) is 11.0. The SMILES string of the molecule is CCCc1nc2ccccc2c(C(=O)[O-])c1Oc1ccc(-c2ccccc2-c2nn[nH]n2)cc1.CCCc1nc2ccccc2c(C(=O)[O-])c1Oc1ccc(-c2ccccc2-c2nn[nH]n2)cc1.[Li+].[Li+]. The number of carboxylic acids is 2. The van der Waals surface area contributed by atoms with Crippen molar-refractivity contribution < 1.29 is 67.0 Å². The average molecular weight is 915 g/mol. The fourth-order valence-electron chi connectivity index (χ4n) is 7.98. The molecule has 10 aromatic rings. The van der Waals surface area contributed by atoms with Gasteiger partial charge >= 0.3 is 37.7 Å². The van der Waals surface area contributed by atoms with E-state index in [1.54, 1.807) is 60.7 Å². The van der Waals surface area contributed by atoms with E-state index in [1.165, 1.54) is 0 Å². The van der Waals surface area contributed by atoms with Gasteiger partial charge in [-0.2, -0.15) is 10.4 Å². The standard InChI is InChI=1S/2C26H21N5O3.2Li/c2*1-2-7-22-24(23(26(32)33)20-10-5-6-11-21(20)27-22)34-17-14-12-16(13-15-17)18-8-3-4-9-19(18)25-28-30-31-29-25;;/h2*3-6,8-15H,2,7H2,1H3,(H,32,33)(H,28,29,30,31);;/q;;2*+1/p-2. The molecule has 0 fully saturated rings. The molecule has 2 N–H and O–H groups in total. The molecule has 0 atom stereocenters. The van der Waals surface area contributed by atoms with E-state index in [9.17, 15) is 19.8 Å². The fraction of sp³-hybridized carbons (Fsp3) is 0.115. The molecule has 0 saturated carbocycles. The van der Waals surface area contributed by atoms with Gasteiger partial charge in [-0.25, -0.2) is 9.97 Å². The summed E-state index contributed by atoms with van der Waals surface area (Å²) in [6, 6.07) is 44.5. The molecule has 0 saturated heterocycles. The van der Waals surface area contributed by atoms with E-state index in [4.69, 9.17) is 9.47 Å². The predicted molar refractivity (Wildman–Crippen MR) is 250 cm³/mol. The Morgan fingerprint density at radius 2 is 0.843 bits per heavy atom. The number of hydrogen-bond acceptors (Lipinski definition) is 14. The zero-order valence-corrected chi connectivity index (χ0v) is 38.7. The molecule has 16 nitrogen and oxygen atoms in total. The van der Waals surface area contributed by atoms with Crippen LogP contribution < -0.4 is 57.4 Å². The molecule has 0 unspecified atom stereocenters. The molecule has 4 aromatic heterocycles. The molecular formula is C52H40Li2N10O6. The number of aromatic amines is 2. The van der Waals surface area contributed by atoms with Crippen LogP contribution >= 0.6 is 0 Å². The summed E-state index contributed by atoms with van der Waals surface area (Å²) < 4.78 is 12.3. The van der Waals surface area contributed by atoms with Gasteiger partial charge in [-0.05, 0) is 81.9 Å². The number of nitrogens with zero attached hydrogens (tertiary/aromatic N) is 8. The number of aromatic nitrogens is 10. The number of benzene rings is 6. The molecule has 0 spiro atoms. The zero-order chi connectivity index (χ0) is 47.0. The van der Waals surface area contributed by atoms with Gasteiger partial charge in [0, 0.05) is 21.9 Å². The number of hydrogen-bond donors (Lipinski definition) is 2. The van der Waals surface area contributed by atoms with Gasteiger partial charge in [0.15, 0.2) is 11.5 Å². The normalized spacial score (nSPS) is 10.7. The number of aromatic carboxylic acids is 2. The Balaban J connectivity index is 0.000000201. The van der Waals surface area contributed by atoms with Crippen LogP contribution in [0.5, 0.6) is 23.0 Å². The van der Waals surface area contributed by atoms with Gasteiger partial charge < -0.3 is 29.3 Å². The van der Waals surface area contributed by atoms with E-state index < -0.39 is 11.9 Å². The second-order valence-electron chi connectivity index (χ2n) is 15.4. The zero-order valence-electron chi connectivity index (χ0n) is 38.7. The summed E-state index contributed by atoms with van der Waals surface area (Å²) >= 11 is 0. The number of carbonyl (C=O) groups is 2. The van der Waals surface area contributed by atoms with Gasteiger partial charge in [0.05, 0.1) is 45.5 Å². The average Bonchev–Trinajstić information content (AvgIpc) is 4.12. The van der Waals surface area contributed by atoms with Gasteiger partial charge in [0.1, 0.15) is 11.5 Å². The number of pyridine rings is 2. The number of carbonyl (C=O) groups excluding carboxylic acids is 2. The maximum Gasteiger partial charge on any atom is 1.00 e. The maximum absolute atomic E-state index is 12.1. The number of tetrazole rings is 2. The first kappa shape index (κ1) is 49.9. The van der Waals surface area contributed by atoms with Crippen molar-refractivity contribution in [1.82, 2.24) is 51.2 Å². The number of nitrogens with one attached hydrogen (secondary N) is 2. The first-order valence-corrected chi connectivity index (χ1v) is 21.8. The van der Waals surface area contributed by atoms with Crippen LogP contribution in [-0.2, 0) is 12.8 Å². The fourth-order valence-corrected chi connectivity index (χ4v) is 7.98. The minimum absolute atomic E-state index is 0. The van der Waals surface area contributed by atoms with Crippen LogP contribution in [0.15, 0.2) is 146 Å². The van der Waals surface area contributed by atoms with Gasteiger partial charge in [-0.15, -0.1) is 20.4 Å². The summed E-state index contributed by atoms with van der Waals surface area (Å²) in [4.78, 5) is 33.6. The summed E-state index contributed by atoms with van der Waals surface area (Å²) in [5, 5.41) is 53.8. The number of fused-ring (bicyclic) bond motifs is 2. The van der Waals surface area contributed by atoms with Crippen LogP contribution in [0, 0.1) is 0 Å². The summed E-state index contributed by atoms with van der Waals surface area (Å²) in [6.45, 7) is 4.02. The topological polar surface area (TPSA) is 233 Å². The molecule has 18 heteroatoms. The van der Waals surface area contributed by atoms with E-state index in [0.29, 0.717) is 69.2 Å². The van der Waals surface area contributed by atoms with Crippen LogP contribution in [0.1, 0.15) is 58.8 Å². The number of para-hydroxylation sites is 2. The summed E-state index contributed by atoms with van der Waals surface area (Å²) in [5.41, 5.74) is 7.82. The first-order chi connectivity index (χ1) is 33.3. The molecule has 0 bridgehead atoms. The molecule has 6 aromatic carbocycles. The Morgan fingerprint density at radius 3 is 1.19 bits per heavy atom. The van der Waals surface area contributed by atoms with Gasteiger partial charge in [-0.1, -0.05) is 136 Å². The molecule has 0 aliphatic heterocycles. The minimum atomic E-state index is -1.29. The van der Waals surface area contributed by atoms with E-state index in [2.05, 4.69) is 51.2 Å². The number of ether oxygens (including phenoxy) is 2. The molecule has 4 heterocycles. The molecule has 10 rings (SSSR count). The summed E-state index contributed by atoms with van der Waals surface area (Å²) in [7, 11) is 0. The number of aryl methyl sites for hydroxylation is 2. The van der Waals surface area contributed by atoms with Gasteiger partial charge in [-0.3, -0.25) is 0 Å².